The highest BCUT2D eigenvalue weighted by atomic mass is 79.9. The van der Waals surface area contributed by atoms with E-state index < -0.39 is 0 Å². The van der Waals surface area contributed by atoms with Crippen molar-refractivity contribution in [3.63, 3.8) is 0 Å². The van der Waals surface area contributed by atoms with Gasteiger partial charge in [0.25, 0.3) is 0 Å². The zero-order valence-corrected chi connectivity index (χ0v) is 20.2. The monoisotopic (exact) mass is 520 g/mol. The van der Waals surface area contributed by atoms with Crippen LogP contribution in [-0.2, 0) is 11.4 Å². The van der Waals surface area contributed by atoms with Gasteiger partial charge in [0.15, 0.2) is 16.6 Å². The largest absolute Gasteiger partial charge is 0.493 e. The molecule has 0 aliphatic rings. The summed E-state index contributed by atoms with van der Waals surface area (Å²) in [5.74, 6) is 0.994. The number of benzene rings is 3. The highest BCUT2D eigenvalue weighted by molar-refractivity contribution is 9.10. The third-order valence-electron chi connectivity index (χ3n) is 4.73. The fourth-order valence-electron chi connectivity index (χ4n) is 3.05. The quantitative estimate of drug-likeness (QED) is 0.259. The van der Waals surface area contributed by atoms with E-state index in [0.717, 1.165) is 26.9 Å². The maximum absolute atomic E-state index is 12.4. The molecule has 0 bridgehead atoms. The van der Waals surface area contributed by atoms with Crippen LogP contribution >= 0.6 is 27.3 Å². The van der Waals surface area contributed by atoms with E-state index >= 15 is 0 Å². The lowest BCUT2D eigenvalue weighted by Crippen LogP contribution is -2.07. The molecular formula is C26H21BrN2O3S. The summed E-state index contributed by atoms with van der Waals surface area (Å²) in [6, 6.07) is 23.4. The number of amides is 1. The molecule has 0 fully saturated rings. The molecule has 0 aliphatic heterocycles. The van der Waals surface area contributed by atoms with Crippen molar-refractivity contribution >= 4 is 44.4 Å². The summed E-state index contributed by atoms with van der Waals surface area (Å²) in [5.41, 5.74) is 3.71. The van der Waals surface area contributed by atoms with Crippen molar-refractivity contribution in [3.05, 3.63) is 99.9 Å². The molecule has 166 valence electrons. The summed E-state index contributed by atoms with van der Waals surface area (Å²) in [5, 5.41) is 5.27. The van der Waals surface area contributed by atoms with Crippen LogP contribution < -0.4 is 14.8 Å². The Hall–Kier alpha value is -3.42. The molecule has 0 spiro atoms. The number of nitrogens with one attached hydrogen (secondary N) is 1. The zero-order chi connectivity index (χ0) is 23.0. The van der Waals surface area contributed by atoms with Crippen LogP contribution in [0.2, 0.25) is 0 Å². The van der Waals surface area contributed by atoms with Crippen LogP contribution in [0.25, 0.3) is 17.3 Å². The first-order valence-corrected chi connectivity index (χ1v) is 11.8. The van der Waals surface area contributed by atoms with Gasteiger partial charge >= 0.3 is 0 Å². The summed E-state index contributed by atoms with van der Waals surface area (Å²) in [6.45, 7) is 0.449. The number of carbonyl (C=O) groups excluding carboxylic acids is 1. The maximum Gasteiger partial charge on any atom is 0.250 e. The van der Waals surface area contributed by atoms with E-state index in [1.165, 1.54) is 17.4 Å². The molecule has 1 aromatic heterocycles. The molecule has 0 radical (unpaired) electrons. The summed E-state index contributed by atoms with van der Waals surface area (Å²) in [7, 11) is 1.59. The number of thiazole rings is 1. The van der Waals surface area contributed by atoms with E-state index in [1.54, 1.807) is 13.2 Å². The lowest BCUT2D eigenvalue weighted by atomic mass is 10.2. The van der Waals surface area contributed by atoms with Crippen molar-refractivity contribution in [1.82, 2.24) is 4.98 Å². The second kappa shape index (κ2) is 10.9. The molecule has 0 unspecified atom stereocenters. The predicted octanol–water partition coefficient (Wildman–Crippen LogP) is 6.81. The molecule has 4 aromatic rings. The zero-order valence-electron chi connectivity index (χ0n) is 17.8. The van der Waals surface area contributed by atoms with Crippen LogP contribution in [0, 0.1) is 0 Å². The second-order valence-corrected chi connectivity index (χ2v) is 8.83. The molecule has 0 saturated heterocycles. The average molecular weight is 521 g/mol. The number of aromatic nitrogens is 1. The van der Waals surface area contributed by atoms with E-state index in [2.05, 4.69) is 26.2 Å². The molecule has 0 saturated carbocycles. The number of halogens is 1. The smallest absolute Gasteiger partial charge is 0.250 e. The van der Waals surface area contributed by atoms with Gasteiger partial charge in [-0.2, -0.15) is 0 Å². The lowest BCUT2D eigenvalue weighted by Gasteiger charge is -2.11. The number of rotatable bonds is 8. The average Bonchev–Trinajstić information content (AvgIpc) is 3.31. The molecular weight excluding hydrogens is 500 g/mol. The molecule has 0 atom stereocenters. The Morgan fingerprint density at radius 2 is 1.85 bits per heavy atom. The van der Waals surface area contributed by atoms with Crippen LogP contribution in [0.1, 0.15) is 11.1 Å². The second-order valence-electron chi connectivity index (χ2n) is 7.05. The Morgan fingerprint density at radius 1 is 1.06 bits per heavy atom. The van der Waals surface area contributed by atoms with Crippen molar-refractivity contribution in [1.29, 1.82) is 0 Å². The first kappa shape index (κ1) is 22.8. The van der Waals surface area contributed by atoms with Gasteiger partial charge in [-0.15, -0.1) is 11.3 Å². The summed E-state index contributed by atoms with van der Waals surface area (Å²) in [4.78, 5) is 16.9. The fourth-order valence-corrected chi connectivity index (χ4v) is 4.03. The van der Waals surface area contributed by atoms with Crippen molar-refractivity contribution in [2.45, 2.75) is 6.61 Å². The molecule has 1 N–H and O–H groups in total. The van der Waals surface area contributed by atoms with E-state index in [4.69, 9.17) is 9.47 Å². The van der Waals surface area contributed by atoms with E-state index in [0.29, 0.717) is 23.2 Å². The predicted molar refractivity (Wildman–Crippen MR) is 137 cm³/mol. The van der Waals surface area contributed by atoms with Gasteiger partial charge in [0, 0.05) is 21.5 Å². The number of carbonyl (C=O) groups is 1. The van der Waals surface area contributed by atoms with E-state index in [-0.39, 0.29) is 5.91 Å². The van der Waals surface area contributed by atoms with E-state index in [9.17, 15) is 4.79 Å². The van der Waals surface area contributed by atoms with Crippen LogP contribution in [0.5, 0.6) is 11.5 Å². The minimum Gasteiger partial charge on any atom is -0.493 e. The third-order valence-corrected chi connectivity index (χ3v) is 6.01. The standard InChI is InChI=1S/C26H21BrN2O3S/c1-31-24-15-18(7-13-23(24)32-16-19-5-3-2-4-6-19)8-14-25(30)29-26-28-22(17-33-26)20-9-11-21(27)12-10-20/h2-15,17H,16H2,1H3,(H,28,29,30)/b14-8+. The first-order chi connectivity index (χ1) is 16.1. The van der Waals surface area contributed by atoms with Gasteiger partial charge in [0.05, 0.1) is 12.8 Å². The van der Waals surface area contributed by atoms with Gasteiger partial charge in [0.2, 0.25) is 5.91 Å². The number of ether oxygens (including phenoxy) is 2. The highest BCUT2D eigenvalue weighted by Gasteiger charge is 2.08. The summed E-state index contributed by atoms with van der Waals surface area (Å²) >= 11 is 4.81. The Bertz CT molecular complexity index is 1250. The Balaban J connectivity index is 1.37. The number of hydrogen-bond donors (Lipinski definition) is 1. The van der Waals surface area contributed by atoms with Crippen molar-refractivity contribution < 1.29 is 14.3 Å². The van der Waals surface area contributed by atoms with Crippen molar-refractivity contribution in [2.75, 3.05) is 12.4 Å². The van der Waals surface area contributed by atoms with Crippen molar-refractivity contribution in [3.8, 4) is 22.8 Å². The lowest BCUT2D eigenvalue weighted by molar-refractivity contribution is -0.111. The molecule has 3 aromatic carbocycles. The van der Waals surface area contributed by atoms with Gasteiger partial charge in [-0.25, -0.2) is 4.98 Å². The molecule has 4 rings (SSSR count). The Kier molecular flexibility index (Phi) is 7.55. The molecule has 7 heteroatoms. The first-order valence-electron chi connectivity index (χ1n) is 10.2. The molecule has 5 nitrogen and oxygen atoms in total. The SMILES string of the molecule is COc1cc(/C=C/C(=O)Nc2nc(-c3ccc(Br)cc3)cs2)ccc1OCc1ccccc1. The fraction of sp³-hybridized carbons (Fsp3) is 0.0769. The highest BCUT2D eigenvalue weighted by Crippen LogP contribution is 2.29. The third kappa shape index (κ3) is 6.31. The number of anilines is 1. The molecule has 1 heterocycles. The summed E-state index contributed by atoms with van der Waals surface area (Å²) < 4.78 is 12.3. The molecule has 33 heavy (non-hydrogen) atoms. The number of nitrogens with zero attached hydrogens (tertiary/aromatic N) is 1. The number of methoxy groups -OCH3 is 1. The molecule has 1 amide bonds. The van der Waals surface area contributed by atoms with Crippen LogP contribution in [-0.4, -0.2) is 18.0 Å². The van der Waals surface area contributed by atoms with Gasteiger partial charge in [0.1, 0.15) is 6.61 Å². The van der Waals surface area contributed by atoms with Crippen LogP contribution in [0.3, 0.4) is 0 Å². The Morgan fingerprint density at radius 3 is 2.61 bits per heavy atom. The maximum atomic E-state index is 12.4. The minimum absolute atomic E-state index is 0.255. The Labute approximate surface area is 204 Å². The van der Waals surface area contributed by atoms with Gasteiger partial charge in [-0.05, 0) is 41.5 Å². The van der Waals surface area contributed by atoms with Crippen molar-refractivity contribution in [2.24, 2.45) is 0 Å². The van der Waals surface area contributed by atoms with E-state index in [1.807, 2.05) is 78.2 Å². The van der Waals surface area contributed by atoms with Crippen LogP contribution in [0.4, 0.5) is 5.13 Å². The van der Waals surface area contributed by atoms with Gasteiger partial charge < -0.3 is 9.47 Å². The normalized spacial score (nSPS) is 10.8. The summed E-state index contributed by atoms with van der Waals surface area (Å²) in [6.07, 6.45) is 3.20. The topological polar surface area (TPSA) is 60.5 Å². The number of hydrogen-bond acceptors (Lipinski definition) is 5. The van der Waals surface area contributed by atoms with Gasteiger partial charge in [-0.1, -0.05) is 64.5 Å². The van der Waals surface area contributed by atoms with Gasteiger partial charge in [-0.3, -0.25) is 10.1 Å². The van der Waals surface area contributed by atoms with Crippen LogP contribution in [0.15, 0.2) is 88.7 Å². The minimum atomic E-state index is -0.255. The molecule has 0 aliphatic carbocycles.